The first-order valence-electron chi connectivity index (χ1n) is 10.8. The predicted octanol–water partition coefficient (Wildman–Crippen LogP) is 6.53. The summed E-state index contributed by atoms with van der Waals surface area (Å²) in [5.41, 5.74) is 4.93. The number of aromatic nitrogens is 1. The molecular formula is C27H27N3O2S. The van der Waals surface area contributed by atoms with Crippen molar-refractivity contribution in [3.8, 4) is 5.75 Å². The number of hydrogen-bond acceptors (Lipinski definition) is 5. The molecule has 0 aliphatic heterocycles. The van der Waals surface area contributed by atoms with Gasteiger partial charge < -0.3 is 15.4 Å². The Labute approximate surface area is 198 Å². The Kier molecular flexibility index (Phi) is 6.75. The molecule has 0 bridgehead atoms. The molecule has 4 aromatic rings. The van der Waals surface area contributed by atoms with Crippen LogP contribution in [-0.4, -0.2) is 18.0 Å². The van der Waals surface area contributed by atoms with Gasteiger partial charge in [-0.1, -0.05) is 30.3 Å². The first-order chi connectivity index (χ1) is 16.0. The minimum atomic E-state index is -0.231. The zero-order valence-electron chi connectivity index (χ0n) is 19.2. The van der Waals surface area contributed by atoms with E-state index in [1.54, 1.807) is 24.6 Å². The van der Waals surface area contributed by atoms with Crippen LogP contribution < -0.4 is 15.4 Å². The molecule has 2 heterocycles. The number of rotatable bonds is 7. The Balaban J connectivity index is 1.80. The van der Waals surface area contributed by atoms with Gasteiger partial charge in [0.1, 0.15) is 16.6 Å². The van der Waals surface area contributed by atoms with E-state index in [0.29, 0.717) is 5.56 Å². The lowest BCUT2D eigenvalue weighted by Crippen LogP contribution is -2.18. The van der Waals surface area contributed by atoms with Gasteiger partial charge in [-0.3, -0.25) is 4.79 Å². The second kappa shape index (κ2) is 9.88. The fraction of sp³-hybridized carbons (Fsp3) is 0.185. The molecule has 4 rings (SSSR count). The number of thiophene rings is 1. The summed E-state index contributed by atoms with van der Waals surface area (Å²) in [5.74, 6) is 1.42. The molecule has 5 nitrogen and oxygen atoms in total. The molecule has 0 fully saturated rings. The number of hydrogen-bond donors (Lipinski definition) is 2. The normalized spacial score (nSPS) is 11.6. The van der Waals surface area contributed by atoms with E-state index < -0.39 is 0 Å². The Morgan fingerprint density at radius 1 is 1.00 bits per heavy atom. The smallest absolute Gasteiger partial charge is 0.256 e. The van der Waals surface area contributed by atoms with Crippen LogP contribution in [0.5, 0.6) is 5.75 Å². The van der Waals surface area contributed by atoms with Crippen molar-refractivity contribution in [2.45, 2.75) is 26.8 Å². The Hall–Kier alpha value is -3.64. The summed E-state index contributed by atoms with van der Waals surface area (Å²) in [6.07, 6.45) is 1.80. The van der Waals surface area contributed by atoms with Crippen LogP contribution in [0.4, 0.5) is 10.8 Å². The molecule has 2 N–H and O–H groups in total. The molecule has 1 unspecified atom stereocenters. The van der Waals surface area contributed by atoms with Crippen molar-refractivity contribution in [2.24, 2.45) is 0 Å². The van der Waals surface area contributed by atoms with E-state index in [2.05, 4.69) is 35.5 Å². The number of amides is 1. The summed E-state index contributed by atoms with van der Waals surface area (Å²) >= 11 is 1.59. The first kappa shape index (κ1) is 22.6. The molecule has 6 heteroatoms. The number of aryl methyl sites for hydroxylation is 2. The van der Waals surface area contributed by atoms with E-state index in [9.17, 15) is 4.79 Å². The van der Waals surface area contributed by atoms with Crippen LogP contribution in [0.1, 0.15) is 43.5 Å². The highest BCUT2D eigenvalue weighted by molar-refractivity contribution is 7.16. The lowest BCUT2D eigenvalue weighted by molar-refractivity contribution is 0.102. The zero-order chi connectivity index (χ0) is 23.4. The maximum Gasteiger partial charge on any atom is 0.256 e. The summed E-state index contributed by atoms with van der Waals surface area (Å²) < 4.78 is 5.49. The SMILES string of the molecule is COc1cccc(C(Nc2cc(C)ccn2)c2c(NC(=O)c3ccccc3)sc(C)c2C)c1. The van der Waals surface area contributed by atoms with Gasteiger partial charge in [0.25, 0.3) is 5.91 Å². The lowest BCUT2D eigenvalue weighted by Gasteiger charge is -2.23. The predicted molar refractivity (Wildman–Crippen MR) is 136 cm³/mol. The van der Waals surface area contributed by atoms with Crippen molar-refractivity contribution in [1.29, 1.82) is 0 Å². The highest BCUT2D eigenvalue weighted by Crippen LogP contribution is 2.41. The van der Waals surface area contributed by atoms with Crippen LogP contribution in [0, 0.1) is 20.8 Å². The van der Waals surface area contributed by atoms with Gasteiger partial charge in [-0.2, -0.15) is 0 Å². The number of nitrogens with one attached hydrogen (secondary N) is 2. The Morgan fingerprint density at radius 3 is 2.52 bits per heavy atom. The molecule has 0 radical (unpaired) electrons. The van der Waals surface area contributed by atoms with Gasteiger partial charge in [-0.05, 0) is 73.9 Å². The number of nitrogens with zero attached hydrogens (tertiary/aromatic N) is 1. The minimum Gasteiger partial charge on any atom is -0.497 e. The van der Waals surface area contributed by atoms with Crippen molar-refractivity contribution >= 4 is 28.1 Å². The van der Waals surface area contributed by atoms with Crippen LogP contribution in [0.25, 0.3) is 0 Å². The van der Waals surface area contributed by atoms with Gasteiger partial charge >= 0.3 is 0 Å². The average molecular weight is 458 g/mol. The monoisotopic (exact) mass is 457 g/mol. The van der Waals surface area contributed by atoms with Gasteiger partial charge in [-0.25, -0.2) is 4.98 Å². The second-order valence-electron chi connectivity index (χ2n) is 7.92. The van der Waals surface area contributed by atoms with Gasteiger partial charge in [0.15, 0.2) is 0 Å². The van der Waals surface area contributed by atoms with Gasteiger partial charge in [0.2, 0.25) is 0 Å². The molecule has 0 saturated heterocycles. The number of methoxy groups -OCH3 is 1. The number of carbonyl (C=O) groups is 1. The molecular weight excluding hydrogens is 430 g/mol. The molecule has 33 heavy (non-hydrogen) atoms. The number of ether oxygens (including phenoxy) is 1. The third-order valence-electron chi connectivity index (χ3n) is 5.62. The Morgan fingerprint density at radius 2 is 1.79 bits per heavy atom. The summed E-state index contributed by atoms with van der Waals surface area (Å²) in [4.78, 5) is 18.7. The summed E-state index contributed by atoms with van der Waals surface area (Å²) in [5, 5.41) is 7.58. The number of carbonyl (C=O) groups excluding carboxylic acids is 1. The van der Waals surface area contributed by atoms with E-state index in [4.69, 9.17) is 4.74 Å². The Bertz CT molecular complexity index is 1270. The average Bonchev–Trinajstić information content (AvgIpc) is 3.10. The van der Waals surface area contributed by atoms with E-state index in [-0.39, 0.29) is 11.9 Å². The van der Waals surface area contributed by atoms with E-state index in [0.717, 1.165) is 43.7 Å². The number of anilines is 2. The van der Waals surface area contributed by atoms with Gasteiger partial charge in [0.05, 0.1) is 13.2 Å². The summed E-state index contributed by atoms with van der Waals surface area (Å²) in [6, 6.07) is 21.0. The maximum absolute atomic E-state index is 13.0. The third-order valence-corrected chi connectivity index (χ3v) is 6.76. The van der Waals surface area contributed by atoms with Crippen molar-refractivity contribution in [2.75, 3.05) is 17.7 Å². The van der Waals surface area contributed by atoms with Crippen molar-refractivity contribution in [1.82, 2.24) is 4.98 Å². The molecule has 1 atom stereocenters. The largest absolute Gasteiger partial charge is 0.497 e. The summed E-state index contributed by atoms with van der Waals surface area (Å²) in [7, 11) is 1.66. The lowest BCUT2D eigenvalue weighted by atomic mass is 9.96. The molecule has 1 amide bonds. The quantitative estimate of drug-likeness (QED) is 0.331. The number of pyridine rings is 1. The van der Waals surface area contributed by atoms with Crippen LogP contribution in [-0.2, 0) is 0 Å². The summed E-state index contributed by atoms with van der Waals surface area (Å²) in [6.45, 7) is 6.21. The zero-order valence-corrected chi connectivity index (χ0v) is 20.0. The molecule has 2 aromatic heterocycles. The van der Waals surface area contributed by atoms with Crippen molar-refractivity contribution in [3.05, 3.63) is 106 Å². The molecule has 0 aliphatic carbocycles. The third kappa shape index (κ3) is 5.07. The molecule has 2 aromatic carbocycles. The van der Waals surface area contributed by atoms with E-state index >= 15 is 0 Å². The standard InChI is InChI=1S/C27H27N3O2S/c1-17-13-14-28-23(15-17)29-25(21-11-8-12-22(16-21)32-4)24-18(2)19(3)33-27(24)30-26(31)20-9-6-5-7-10-20/h5-16,25H,1-4H3,(H,28,29)(H,30,31). The minimum absolute atomic E-state index is 0.129. The topological polar surface area (TPSA) is 63.2 Å². The fourth-order valence-corrected chi connectivity index (χ4v) is 4.85. The van der Waals surface area contributed by atoms with Crippen LogP contribution in [0.2, 0.25) is 0 Å². The fourth-order valence-electron chi connectivity index (χ4n) is 3.76. The van der Waals surface area contributed by atoms with Crippen molar-refractivity contribution in [3.63, 3.8) is 0 Å². The van der Waals surface area contributed by atoms with Gasteiger partial charge in [-0.15, -0.1) is 11.3 Å². The highest BCUT2D eigenvalue weighted by Gasteiger charge is 2.25. The van der Waals surface area contributed by atoms with Crippen molar-refractivity contribution < 1.29 is 9.53 Å². The van der Waals surface area contributed by atoms with E-state index in [1.165, 1.54) is 0 Å². The van der Waals surface area contributed by atoms with E-state index in [1.807, 2.05) is 67.6 Å². The maximum atomic E-state index is 13.0. The van der Waals surface area contributed by atoms with Crippen LogP contribution in [0.15, 0.2) is 72.9 Å². The van der Waals surface area contributed by atoms with Crippen LogP contribution >= 0.6 is 11.3 Å². The molecule has 0 aliphatic rings. The first-order valence-corrected chi connectivity index (χ1v) is 11.6. The molecule has 0 spiro atoms. The highest BCUT2D eigenvalue weighted by atomic mass is 32.1. The van der Waals surface area contributed by atoms with Crippen LogP contribution in [0.3, 0.4) is 0 Å². The number of benzene rings is 2. The molecule has 168 valence electrons. The van der Waals surface area contributed by atoms with Gasteiger partial charge in [0, 0.05) is 22.2 Å². The molecule has 0 saturated carbocycles. The second-order valence-corrected chi connectivity index (χ2v) is 9.14.